The van der Waals surface area contributed by atoms with Crippen LogP contribution in [0.15, 0.2) is 64.9 Å². The number of aryl methyl sites for hydroxylation is 2. The van der Waals surface area contributed by atoms with Crippen LogP contribution in [0.1, 0.15) is 11.4 Å². The monoisotopic (exact) mass is 547 g/mol. The molecule has 0 aliphatic rings. The Hall–Kier alpha value is -3.02. The molecule has 0 radical (unpaired) electrons. The second-order valence-corrected chi connectivity index (χ2v) is 9.54. The Morgan fingerprint density at radius 3 is 2.15 bits per heavy atom. The fourth-order valence-electron chi connectivity index (χ4n) is 3.02. The second-order valence-electron chi connectivity index (χ2n) is 7.00. The van der Waals surface area contributed by atoms with E-state index in [9.17, 15) is 8.42 Å². The summed E-state index contributed by atoms with van der Waals surface area (Å²) in [5.41, 5.74) is 3.93. The Bertz CT molecular complexity index is 1320. The molecule has 0 atom stereocenters. The average Bonchev–Trinajstić information content (AvgIpc) is 3.21. The number of aromatic nitrogens is 3. The maximum atomic E-state index is 12.7. The molecule has 0 saturated heterocycles. The Balaban J connectivity index is 0.00000306. The predicted molar refractivity (Wildman–Crippen MR) is 136 cm³/mol. The molecule has 0 unspecified atom stereocenters. The lowest BCUT2D eigenvalue weighted by Gasteiger charge is -2.09. The lowest BCUT2D eigenvalue weighted by molar-refractivity contribution is 0.415. The number of thiazole rings is 1. The molecular weight excluding hydrogens is 526 g/mol. The van der Waals surface area contributed by atoms with Crippen LogP contribution in [-0.4, -0.2) is 30.5 Å². The molecular formula is C22H22BrN5O3S2. The van der Waals surface area contributed by atoms with Gasteiger partial charge < -0.3 is 10.1 Å². The van der Waals surface area contributed by atoms with Gasteiger partial charge in [-0.1, -0.05) is 0 Å². The number of nitrogens with one attached hydrogen (secondary N) is 2. The van der Waals surface area contributed by atoms with Crippen LogP contribution in [0.3, 0.4) is 0 Å². The first-order chi connectivity index (χ1) is 15.3. The molecule has 11 heteroatoms. The molecule has 0 bridgehead atoms. The van der Waals surface area contributed by atoms with Crippen molar-refractivity contribution < 1.29 is 13.2 Å². The van der Waals surface area contributed by atoms with Crippen molar-refractivity contribution in [2.75, 3.05) is 17.1 Å². The highest BCUT2D eigenvalue weighted by molar-refractivity contribution is 8.93. The lowest BCUT2D eigenvalue weighted by atomic mass is 10.2. The standard InChI is InChI=1S/C22H21N5O3S2.BrH/c1-14-12-15(2)24-21(23-14)27-32(28,29)19-10-6-17(7-11-19)25-22-26-20(13-31-22)16-4-8-18(30-3)9-5-16;/h4-13H,1-3H3,(H,25,26)(H,23,24,27);1H. The fraction of sp³-hybridized carbons (Fsp3) is 0.136. The number of rotatable bonds is 7. The molecule has 2 aromatic heterocycles. The highest BCUT2D eigenvalue weighted by atomic mass is 79.9. The van der Waals surface area contributed by atoms with Gasteiger partial charge in [0.25, 0.3) is 10.0 Å². The van der Waals surface area contributed by atoms with E-state index in [1.807, 2.05) is 29.6 Å². The zero-order valence-corrected chi connectivity index (χ0v) is 21.4. The lowest BCUT2D eigenvalue weighted by Crippen LogP contribution is -2.15. The van der Waals surface area contributed by atoms with Crippen molar-refractivity contribution in [1.29, 1.82) is 0 Å². The highest BCUT2D eigenvalue weighted by Gasteiger charge is 2.16. The molecule has 8 nitrogen and oxygen atoms in total. The van der Waals surface area contributed by atoms with Crippen molar-refractivity contribution in [2.24, 2.45) is 0 Å². The van der Waals surface area contributed by atoms with Gasteiger partial charge in [0.2, 0.25) is 5.95 Å². The molecule has 4 rings (SSSR count). The molecule has 2 aromatic carbocycles. The molecule has 0 aliphatic heterocycles. The van der Waals surface area contributed by atoms with E-state index in [4.69, 9.17) is 4.74 Å². The Labute approximate surface area is 206 Å². The maximum Gasteiger partial charge on any atom is 0.264 e. The number of sulfonamides is 1. The molecule has 2 heterocycles. The fourth-order valence-corrected chi connectivity index (χ4v) is 4.70. The van der Waals surface area contributed by atoms with Crippen molar-refractivity contribution in [3.8, 4) is 17.0 Å². The van der Waals surface area contributed by atoms with Gasteiger partial charge in [-0.25, -0.2) is 28.1 Å². The van der Waals surface area contributed by atoms with Crippen molar-refractivity contribution in [3.63, 3.8) is 0 Å². The summed E-state index contributed by atoms with van der Waals surface area (Å²) in [7, 11) is -2.17. The van der Waals surface area contributed by atoms with E-state index >= 15 is 0 Å². The van der Waals surface area contributed by atoms with Crippen LogP contribution in [0.2, 0.25) is 0 Å². The third kappa shape index (κ3) is 6.06. The molecule has 0 saturated carbocycles. The highest BCUT2D eigenvalue weighted by Crippen LogP contribution is 2.28. The average molecular weight is 548 g/mol. The molecule has 0 aliphatic carbocycles. The molecule has 172 valence electrons. The van der Waals surface area contributed by atoms with Gasteiger partial charge in [0.1, 0.15) is 5.75 Å². The second kappa shape index (κ2) is 10.3. The van der Waals surface area contributed by atoms with Crippen LogP contribution in [0.5, 0.6) is 5.75 Å². The van der Waals surface area contributed by atoms with Crippen LogP contribution in [0.25, 0.3) is 11.3 Å². The number of methoxy groups -OCH3 is 1. The van der Waals surface area contributed by atoms with Crippen LogP contribution >= 0.6 is 28.3 Å². The van der Waals surface area contributed by atoms with Crippen LogP contribution in [0, 0.1) is 13.8 Å². The molecule has 0 spiro atoms. The minimum atomic E-state index is -3.80. The summed E-state index contributed by atoms with van der Waals surface area (Å²) in [5, 5.41) is 5.86. The number of halogens is 1. The number of ether oxygens (including phenoxy) is 1. The van der Waals surface area contributed by atoms with E-state index in [-0.39, 0.29) is 27.8 Å². The number of hydrogen-bond acceptors (Lipinski definition) is 8. The summed E-state index contributed by atoms with van der Waals surface area (Å²) < 4.78 is 32.9. The van der Waals surface area contributed by atoms with E-state index in [2.05, 4.69) is 25.0 Å². The van der Waals surface area contributed by atoms with E-state index in [0.717, 1.165) is 22.7 Å². The van der Waals surface area contributed by atoms with Crippen LogP contribution in [0.4, 0.5) is 16.8 Å². The van der Waals surface area contributed by atoms with E-state index < -0.39 is 10.0 Å². The number of benzene rings is 2. The summed E-state index contributed by atoms with van der Waals surface area (Å²) in [5.74, 6) is 0.842. The van der Waals surface area contributed by atoms with Crippen molar-refractivity contribution in [2.45, 2.75) is 18.7 Å². The van der Waals surface area contributed by atoms with Gasteiger partial charge in [-0.05, 0) is 68.4 Å². The molecule has 0 amide bonds. The number of anilines is 3. The van der Waals surface area contributed by atoms with Gasteiger partial charge in [-0.2, -0.15) is 0 Å². The van der Waals surface area contributed by atoms with E-state index in [0.29, 0.717) is 16.5 Å². The predicted octanol–water partition coefficient (Wildman–Crippen LogP) is 5.35. The van der Waals surface area contributed by atoms with Gasteiger partial charge in [-0.3, -0.25) is 0 Å². The van der Waals surface area contributed by atoms with Gasteiger partial charge in [0.15, 0.2) is 5.13 Å². The van der Waals surface area contributed by atoms with Crippen LogP contribution in [-0.2, 0) is 10.0 Å². The smallest absolute Gasteiger partial charge is 0.264 e. The minimum Gasteiger partial charge on any atom is -0.497 e. The van der Waals surface area contributed by atoms with Crippen molar-refractivity contribution >= 4 is 55.1 Å². The van der Waals surface area contributed by atoms with Gasteiger partial charge in [0, 0.05) is 28.0 Å². The van der Waals surface area contributed by atoms with E-state index in [1.165, 1.54) is 23.5 Å². The van der Waals surface area contributed by atoms with Gasteiger partial charge in [0.05, 0.1) is 17.7 Å². The first-order valence-corrected chi connectivity index (χ1v) is 12.0. The quantitative estimate of drug-likeness (QED) is 0.321. The zero-order chi connectivity index (χ0) is 22.7. The maximum absolute atomic E-state index is 12.7. The SMILES string of the molecule is Br.COc1ccc(-c2csc(Nc3ccc(S(=O)(=O)Nc4nc(C)cc(C)n4)cc3)n2)cc1. The summed E-state index contributed by atoms with van der Waals surface area (Å²) >= 11 is 1.46. The first kappa shape index (κ1) is 24.6. The third-order valence-electron chi connectivity index (χ3n) is 4.51. The largest absolute Gasteiger partial charge is 0.497 e. The molecule has 0 fully saturated rings. The van der Waals surface area contributed by atoms with Gasteiger partial charge >= 0.3 is 0 Å². The van der Waals surface area contributed by atoms with Gasteiger partial charge in [-0.15, -0.1) is 28.3 Å². The number of nitrogens with zero attached hydrogens (tertiary/aromatic N) is 3. The van der Waals surface area contributed by atoms with Crippen LogP contribution < -0.4 is 14.8 Å². The molecule has 33 heavy (non-hydrogen) atoms. The Kier molecular flexibility index (Phi) is 7.67. The van der Waals surface area contributed by atoms with Crippen molar-refractivity contribution in [3.05, 3.63) is 71.4 Å². The van der Waals surface area contributed by atoms with Crippen molar-refractivity contribution in [1.82, 2.24) is 15.0 Å². The summed E-state index contributed by atoms with van der Waals surface area (Å²) in [6, 6.07) is 15.9. The zero-order valence-electron chi connectivity index (χ0n) is 18.1. The first-order valence-electron chi connectivity index (χ1n) is 9.64. The summed E-state index contributed by atoms with van der Waals surface area (Å²) in [4.78, 5) is 13.0. The molecule has 2 N–H and O–H groups in total. The third-order valence-corrected chi connectivity index (χ3v) is 6.62. The van der Waals surface area contributed by atoms with E-state index in [1.54, 1.807) is 39.2 Å². The minimum absolute atomic E-state index is 0. The topological polar surface area (TPSA) is 106 Å². The summed E-state index contributed by atoms with van der Waals surface area (Å²) in [6.07, 6.45) is 0. The molecule has 4 aromatic rings. The Morgan fingerprint density at radius 2 is 1.55 bits per heavy atom. The Morgan fingerprint density at radius 1 is 0.909 bits per heavy atom. The summed E-state index contributed by atoms with van der Waals surface area (Å²) in [6.45, 7) is 3.57. The normalized spacial score (nSPS) is 10.9. The number of hydrogen-bond donors (Lipinski definition) is 2.